The Morgan fingerprint density at radius 3 is 2.58 bits per heavy atom. The molecule has 162 valence electrons. The lowest BCUT2D eigenvalue weighted by atomic mass is 9.74. The van der Waals surface area contributed by atoms with E-state index in [1.807, 2.05) is 19.1 Å². The normalized spacial score (nSPS) is 30.2. The largest absolute Gasteiger partial charge is 0.497 e. The molecule has 1 amide bonds. The first-order chi connectivity index (χ1) is 14.9. The molecule has 8 heteroatoms. The van der Waals surface area contributed by atoms with E-state index in [-0.39, 0.29) is 40.8 Å². The van der Waals surface area contributed by atoms with Crippen LogP contribution in [-0.4, -0.2) is 35.4 Å². The van der Waals surface area contributed by atoms with E-state index in [4.69, 9.17) is 25.6 Å². The smallest absolute Gasteiger partial charge is 0.295 e. The SMILES string of the molecule is COc1ccc(C2C3=C(OC4CC(C)C(Cl)CC4C3=O)C(=O)N2c2cc(C)on2)cc1. The number of halogens is 1. The van der Waals surface area contributed by atoms with E-state index in [9.17, 15) is 9.59 Å². The van der Waals surface area contributed by atoms with Crippen molar-refractivity contribution in [3.8, 4) is 5.75 Å². The summed E-state index contributed by atoms with van der Waals surface area (Å²) in [6.45, 7) is 3.80. The second-order valence-corrected chi connectivity index (χ2v) is 9.04. The van der Waals surface area contributed by atoms with E-state index in [2.05, 4.69) is 5.16 Å². The van der Waals surface area contributed by atoms with Gasteiger partial charge in [0.2, 0.25) is 0 Å². The zero-order valence-electron chi connectivity index (χ0n) is 17.5. The standard InChI is InChI=1S/C23H23ClN2O5/c1-11-8-17-15(10-16(11)24)21(27)19-20(13-4-6-14(29-3)7-5-13)26(23(28)22(19)30-17)18-9-12(2)31-25-18/h4-7,9,11,15-17,20H,8,10H2,1-3H3. The Bertz CT molecular complexity index is 1080. The van der Waals surface area contributed by atoms with Gasteiger partial charge in [0.1, 0.15) is 17.6 Å². The number of methoxy groups -OCH3 is 1. The number of aromatic nitrogens is 1. The van der Waals surface area contributed by atoms with Crippen molar-refractivity contribution in [3.05, 3.63) is 53.0 Å². The number of ketones is 1. The molecule has 1 aliphatic carbocycles. The van der Waals surface area contributed by atoms with E-state index < -0.39 is 6.04 Å². The number of carbonyl (C=O) groups is 2. The van der Waals surface area contributed by atoms with Crippen molar-refractivity contribution in [2.45, 2.75) is 44.2 Å². The Morgan fingerprint density at radius 1 is 1.19 bits per heavy atom. The van der Waals surface area contributed by atoms with Gasteiger partial charge in [0.15, 0.2) is 17.4 Å². The molecule has 3 heterocycles. The first kappa shape index (κ1) is 20.1. The van der Waals surface area contributed by atoms with Gasteiger partial charge < -0.3 is 14.0 Å². The topological polar surface area (TPSA) is 81.9 Å². The molecule has 0 radical (unpaired) electrons. The fourth-order valence-corrected chi connectivity index (χ4v) is 5.12. The first-order valence-electron chi connectivity index (χ1n) is 10.4. The summed E-state index contributed by atoms with van der Waals surface area (Å²) in [5, 5.41) is 3.95. The minimum Gasteiger partial charge on any atom is -0.497 e. The average Bonchev–Trinajstić information content (AvgIpc) is 3.31. The van der Waals surface area contributed by atoms with Crippen LogP contribution in [0.5, 0.6) is 5.75 Å². The van der Waals surface area contributed by atoms with Gasteiger partial charge in [-0.25, -0.2) is 0 Å². The van der Waals surface area contributed by atoms with E-state index in [0.717, 1.165) is 5.56 Å². The van der Waals surface area contributed by atoms with Gasteiger partial charge in [-0.15, -0.1) is 11.6 Å². The lowest BCUT2D eigenvalue weighted by molar-refractivity contribution is -0.132. The third-order valence-electron chi connectivity index (χ3n) is 6.50. The third kappa shape index (κ3) is 3.14. The van der Waals surface area contributed by atoms with E-state index >= 15 is 0 Å². The maximum atomic E-state index is 13.7. The van der Waals surface area contributed by atoms with Crippen molar-refractivity contribution in [2.75, 3.05) is 12.0 Å². The summed E-state index contributed by atoms with van der Waals surface area (Å²) in [4.78, 5) is 28.7. The van der Waals surface area contributed by atoms with Gasteiger partial charge >= 0.3 is 0 Å². The molecular weight excluding hydrogens is 420 g/mol. The summed E-state index contributed by atoms with van der Waals surface area (Å²) < 4.78 is 16.7. The van der Waals surface area contributed by atoms with Crippen LogP contribution in [0.15, 0.2) is 46.2 Å². The number of rotatable bonds is 3. The number of alkyl halides is 1. The molecule has 5 rings (SSSR count). The maximum absolute atomic E-state index is 13.7. The molecule has 0 spiro atoms. The summed E-state index contributed by atoms with van der Waals surface area (Å²) in [6, 6.07) is 8.33. The molecule has 2 aliphatic heterocycles. The minimum absolute atomic E-state index is 0.0688. The summed E-state index contributed by atoms with van der Waals surface area (Å²) in [5.74, 6) is 1.13. The van der Waals surface area contributed by atoms with Gasteiger partial charge in [0.25, 0.3) is 5.91 Å². The van der Waals surface area contributed by atoms with Gasteiger partial charge in [-0.05, 0) is 43.4 Å². The quantitative estimate of drug-likeness (QED) is 0.669. The summed E-state index contributed by atoms with van der Waals surface area (Å²) in [5.41, 5.74) is 1.14. The highest BCUT2D eigenvalue weighted by molar-refractivity contribution is 6.21. The van der Waals surface area contributed by atoms with Gasteiger partial charge in [-0.3, -0.25) is 14.5 Å². The second kappa shape index (κ2) is 7.41. The molecule has 0 N–H and O–H groups in total. The Labute approximate surface area is 184 Å². The number of benzene rings is 1. The third-order valence-corrected chi connectivity index (χ3v) is 7.11. The molecular formula is C23H23ClN2O5. The van der Waals surface area contributed by atoms with Crippen molar-refractivity contribution in [3.63, 3.8) is 0 Å². The van der Waals surface area contributed by atoms with E-state index in [1.165, 1.54) is 4.90 Å². The number of aryl methyl sites for hydroxylation is 1. The highest BCUT2D eigenvalue weighted by Gasteiger charge is 2.54. The maximum Gasteiger partial charge on any atom is 0.295 e. The molecule has 1 aromatic carbocycles. The Morgan fingerprint density at radius 2 is 1.94 bits per heavy atom. The van der Waals surface area contributed by atoms with Crippen LogP contribution >= 0.6 is 11.6 Å². The highest BCUT2D eigenvalue weighted by atomic mass is 35.5. The number of fused-ring (bicyclic) bond motifs is 1. The number of carbonyl (C=O) groups excluding carboxylic acids is 2. The number of nitrogens with zero attached hydrogens (tertiary/aromatic N) is 2. The van der Waals surface area contributed by atoms with Crippen LogP contribution in [0.3, 0.4) is 0 Å². The van der Waals surface area contributed by atoms with Crippen LogP contribution in [0.2, 0.25) is 0 Å². The predicted molar refractivity (Wildman–Crippen MR) is 113 cm³/mol. The highest BCUT2D eigenvalue weighted by Crippen LogP contribution is 2.49. The molecule has 1 aromatic heterocycles. The van der Waals surface area contributed by atoms with Crippen LogP contribution in [-0.2, 0) is 14.3 Å². The van der Waals surface area contributed by atoms with Gasteiger partial charge in [-0.2, -0.15) is 0 Å². The molecule has 7 nitrogen and oxygen atoms in total. The summed E-state index contributed by atoms with van der Waals surface area (Å²) in [7, 11) is 1.59. The van der Waals surface area contributed by atoms with Gasteiger partial charge in [0.05, 0.1) is 24.6 Å². The fraction of sp³-hybridized carbons (Fsp3) is 0.435. The van der Waals surface area contributed by atoms with E-state index in [0.29, 0.717) is 35.7 Å². The second-order valence-electron chi connectivity index (χ2n) is 8.48. The number of ether oxygens (including phenoxy) is 2. The molecule has 2 aromatic rings. The van der Waals surface area contributed by atoms with Crippen molar-refractivity contribution >= 4 is 29.1 Å². The molecule has 31 heavy (non-hydrogen) atoms. The summed E-state index contributed by atoms with van der Waals surface area (Å²) in [6.07, 6.45) is 0.844. The van der Waals surface area contributed by atoms with Crippen LogP contribution < -0.4 is 9.64 Å². The monoisotopic (exact) mass is 442 g/mol. The van der Waals surface area contributed by atoms with Crippen LogP contribution in [0.25, 0.3) is 0 Å². The number of hydrogen-bond donors (Lipinski definition) is 0. The molecule has 1 saturated carbocycles. The first-order valence-corrected chi connectivity index (χ1v) is 10.8. The van der Waals surface area contributed by atoms with Crippen LogP contribution in [0.4, 0.5) is 5.82 Å². The Kier molecular flexibility index (Phi) is 4.81. The lowest BCUT2D eigenvalue weighted by Gasteiger charge is -2.39. The number of amides is 1. The van der Waals surface area contributed by atoms with Crippen molar-refractivity contribution in [2.24, 2.45) is 11.8 Å². The van der Waals surface area contributed by atoms with E-state index in [1.54, 1.807) is 32.2 Å². The molecule has 5 atom stereocenters. The summed E-state index contributed by atoms with van der Waals surface area (Å²) >= 11 is 6.50. The van der Waals surface area contributed by atoms with Gasteiger partial charge in [0, 0.05) is 11.4 Å². The molecule has 0 saturated heterocycles. The van der Waals surface area contributed by atoms with Crippen molar-refractivity contribution in [1.29, 1.82) is 0 Å². The van der Waals surface area contributed by atoms with Crippen molar-refractivity contribution in [1.82, 2.24) is 5.16 Å². The zero-order chi connectivity index (χ0) is 21.9. The fourth-order valence-electron chi connectivity index (χ4n) is 4.82. The van der Waals surface area contributed by atoms with Crippen LogP contribution in [0, 0.1) is 18.8 Å². The number of hydrogen-bond acceptors (Lipinski definition) is 6. The molecule has 1 fully saturated rings. The molecule has 3 aliphatic rings. The average molecular weight is 443 g/mol. The molecule has 0 bridgehead atoms. The minimum atomic E-state index is -0.653. The Balaban J connectivity index is 1.62. The number of anilines is 1. The molecule has 5 unspecified atom stereocenters. The lowest BCUT2D eigenvalue weighted by Crippen LogP contribution is -2.44. The van der Waals surface area contributed by atoms with Crippen LogP contribution in [0.1, 0.15) is 37.1 Å². The Hall–Kier alpha value is -2.80. The zero-order valence-corrected chi connectivity index (χ0v) is 18.3. The van der Waals surface area contributed by atoms with Crippen molar-refractivity contribution < 1.29 is 23.6 Å². The number of Topliss-reactive ketones (excluding diaryl/α,β-unsaturated/α-hetero) is 1. The van der Waals surface area contributed by atoms with Gasteiger partial charge in [-0.1, -0.05) is 24.2 Å². The predicted octanol–water partition coefficient (Wildman–Crippen LogP) is 3.96.